The van der Waals surface area contributed by atoms with E-state index >= 15 is 0 Å². The lowest BCUT2D eigenvalue weighted by Gasteiger charge is -2.41. The summed E-state index contributed by atoms with van der Waals surface area (Å²) >= 11 is 0. The fourth-order valence-electron chi connectivity index (χ4n) is 8.45. The summed E-state index contributed by atoms with van der Waals surface area (Å²) in [5.41, 5.74) is 1.69. The Morgan fingerprint density at radius 3 is 2.08 bits per heavy atom. The van der Waals surface area contributed by atoms with Gasteiger partial charge in [0.25, 0.3) is 0 Å². The van der Waals surface area contributed by atoms with Crippen LogP contribution in [0.15, 0.2) is 66.9 Å². The molecule has 2 aromatic rings. The summed E-state index contributed by atoms with van der Waals surface area (Å²) in [5.74, 6) is -1.95. The highest BCUT2D eigenvalue weighted by Crippen LogP contribution is 2.30. The number of hydrogen-bond acceptors (Lipinski definition) is 9. The third-order valence-electron chi connectivity index (χ3n) is 12.0. The van der Waals surface area contributed by atoms with E-state index in [0.29, 0.717) is 31.5 Å². The minimum Gasteiger partial charge on any atom is -0.508 e. The smallest absolute Gasteiger partial charge is 0.245 e. The van der Waals surface area contributed by atoms with E-state index in [1.54, 1.807) is 67.3 Å². The standard InChI is InChI=1S/C46H71N5O8/c1-13-30(6)41(50(10)46(57)39(28(2)3)48-45(56)40(29(4)5)49(9)27-33-21-23-35(52)24-22-33)37(58-11)26-38(53)51-25-17-20-36(51)43(59-12)31(7)44(55)47-32(8)42(54)34-18-15-14-16-19-34/h14-16,18-19,21-24,28-31,36-37,39-43,52,54H,8,13,17,20,25-27H2,1-7,9-12H3,(H,47,55)(H,48,56)/t30-,31?,36-,37+,39-,40-,41-,42+,43?/m0/s1. The molecule has 0 bridgehead atoms. The molecule has 1 saturated heterocycles. The number of phenols is 1. The molecule has 0 radical (unpaired) electrons. The number of phenolic OH excluding ortho intramolecular Hbond substituents is 1. The monoisotopic (exact) mass is 822 g/mol. The summed E-state index contributed by atoms with van der Waals surface area (Å²) in [7, 11) is 6.67. The fourth-order valence-corrected chi connectivity index (χ4v) is 8.45. The Kier molecular flexibility index (Phi) is 19.0. The Balaban J connectivity index is 1.77. The van der Waals surface area contributed by atoms with E-state index in [9.17, 15) is 29.4 Å². The first kappa shape index (κ1) is 49.1. The molecule has 0 spiro atoms. The molecule has 328 valence electrons. The molecule has 0 aromatic heterocycles. The number of aromatic hydroxyl groups is 1. The molecule has 4 amide bonds. The van der Waals surface area contributed by atoms with Crippen LogP contribution in [-0.4, -0.2) is 120 Å². The highest BCUT2D eigenvalue weighted by atomic mass is 16.5. The summed E-state index contributed by atoms with van der Waals surface area (Å²) in [6, 6.07) is 13.6. The van der Waals surface area contributed by atoms with E-state index < -0.39 is 42.4 Å². The van der Waals surface area contributed by atoms with Gasteiger partial charge in [-0.05, 0) is 60.9 Å². The Hall–Kier alpha value is -4.30. The maximum atomic E-state index is 14.5. The molecule has 3 rings (SSSR count). The zero-order valence-corrected chi connectivity index (χ0v) is 37.2. The Morgan fingerprint density at radius 1 is 0.915 bits per heavy atom. The molecule has 1 fully saturated rings. The lowest BCUT2D eigenvalue weighted by molar-refractivity contribution is -0.148. The number of amides is 4. The second-order valence-corrected chi connectivity index (χ2v) is 16.9. The van der Waals surface area contributed by atoms with Crippen molar-refractivity contribution in [3.05, 3.63) is 78.0 Å². The van der Waals surface area contributed by atoms with Gasteiger partial charge in [-0.3, -0.25) is 24.1 Å². The van der Waals surface area contributed by atoms with Crippen molar-refractivity contribution in [1.29, 1.82) is 0 Å². The van der Waals surface area contributed by atoms with Crippen molar-refractivity contribution in [3.8, 4) is 5.75 Å². The van der Waals surface area contributed by atoms with Gasteiger partial charge in [-0.2, -0.15) is 0 Å². The number of nitrogens with zero attached hydrogens (tertiary/aromatic N) is 3. The number of aliphatic hydroxyl groups excluding tert-OH is 1. The van der Waals surface area contributed by atoms with Crippen LogP contribution in [0.5, 0.6) is 5.75 Å². The van der Waals surface area contributed by atoms with Crippen LogP contribution in [0.25, 0.3) is 0 Å². The maximum absolute atomic E-state index is 14.5. The quantitative estimate of drug-likeness (QED) is 0.124. The van der Waals surface area contributed by atoms with Crippen LogP contribution in [-0.2, 0) is 35.2 Å². The highest BCUT2D eigenvalue weighted by Gasteiger charge is 2.43. The maximum Gasteiger partial charge on any atom is 0.245 e. The van der Waals surface area contributed by atoms with Crippen molar-refractivity contribution in [2.75, 3.05) is 34.9 Å². The first-order valence-electron chi connectivity index (χ1n) is 21.0. The molecular formula is C46H71N5O8. The number of benzene rings is 2. The summed E-state index contributed by atoms with van der Waals surface area (Å²) in [4.78, 5) is 61.6. The van der Waals surface area contributed by atoms with Gasteiger partial charge in [0.1, 0.15) is 17.9 Å². The minimum atomic E-state index is -1.08. The molecule has 9 atom stereocenters. The van der Waals surface area contributed by atoms with E-state index in [1.165, 1.54) is 7.11 Å². The van der Waals surface area contributed by atoms with Gasteiger partial charge in [0, 0.05) is 40.1 Å². The molecule has 1 aliphatic rings. The van der Waals surface area contributed by atoms with E-state index in [1.807, 2.05) is 71.7 Å². The van der Waals surface area contributed by atoms with Crippen molar-refractivity contribution in [2.45, 2.75) is 123 Å². The Bertz CT molecular complexity index is 1670. The van der Waals surface area contributed by atoms with Crippen LogP contribution >= 0.6 is 0 Å². The van der Waals surface area contributed by atoms with Gasteiger partial charge in [-0.1, -0.05) is 104 Å². The first-order chi connectivity index (χ1) is 27.9. The number of likely N-dealkylation sites (N-methyl/N-ethyl adjacent to an activating group) is 2. The lowest BCUT2D eigenvalue weighted by atomic mass is 9.89. The summed E-state index contributed by atoms with van der Waals surface area (Å²) < 4.78 is 12.0. The summed E-state index contributed by atoms with van der Waals surface area (Å²) in [5, 5.41) is 26.3. The number of aliphatic hydroxyl groups is 1. The average Bonchev–Trinajstić information content (AvgIpc) is 3.69. The molecular weight excluding hydrogens is 751 g/mol. The summed E-state index contributed by atoms with van der Waals surface area (Å²) in [6.45, 7) is 18.4. The van der Waals surface area contributed by atoms with Crippen molar-refractivity contribution < 1.29 is 38.9 Å². The average molecular weight is 822 g/mol. The van der Waals surface area contributed by atoms with E-state index in [-0.39, 0.29) is 65.3 Å². The molecule has 4 N–H and O–H groups in total. The Morgan fingerprint density at radius 2 is 1.54 bits per heavy atom. The lowest BCUT2D eigenvalue weighted by Crippen LogP contribution is -2.60. The molecule has 1 aliphatic heterocycles. The number of rotatable bonds is 22. The number of carbonyl (C=O) groups excluding carboxylic acids is 4. The Labute approximate surface area is 352 Å². The molecule has 0 aliphatic carbocycles. The highest BCUT2D eigenvalue weighted by molar-refractivity contribution is 5.90. The molecule has 13 nitrogen and oxygen atoms in total. The number of likely N-dealkylation sites (tertiary alicyclic amines) is 1. The van der Waals surface area contributed by atoms with Crippen LogP contribution in [0.3, 0.4) is 0 Å². The predicted octanol–water partition coefficient (Wildman–Crippen LogP) is 5.27. The van der Waals surface area contributed by atoms with Crippen LogP contribution in [0, 0.1) is 23.7 Å². The van der Waals surface area contributed by atoms with Crippen LogP contribution in [0.1, 0.15) is 91.4 Å². The molecule has 0 saturated carbocycles. The zero-order chi connectivity index (χ0) is 44.1. The predicted molar refractivity (Wildman–Crippen MR) is 230 cm³/mol. The second-order valence-electron chi connectivity index (χ2n) is 16.9. The first-order valence-corrected chi connectivity index (χ1v) is 21.0. The number of ether oxygens (including phenoxy) is 2. The number of methoxy groups -OCH3 is 2. The number of hydrogen-bond donors (Lipinski definition) is 4. The SMILES string of the molecule is C=C(NC(=O)C(C)C(OC)[C@@H]1CCCN1C(=O)C[C@@H](OC)[C@H]([C@@H](C)CC)N(C)C(=O)[C@@H](NC(=O)[C@H](C(C)C)N(C)Cc1ccc(O)cc1)C(C)C)[C@@H](O)c1ccccc1. The van der Waals surface area contributed by atoms with Crippen molar-refractivity contribution >= 4 is 23.6 Å². The zero-order valence-electron chi connectivity index (χ0n) is 37.2. The minimum absolute atomic E-state index is 0.00705. The molecule has 59 heavy (non-hydrogen) atoms. The van der Waals surface area contributed by atoms with Crippen molar-refractivity contribution in [3.63, 3.8) is 0 Å². The van der Waals surface area contributed by atoms with Gasteiger partial charge in [-0.15, -0.1) is 0 Å². The third-order valence-corrected chi connectivity index (χ3v) is 12.0. The normalized spacial score (nSPS) is 18.4. The molecule has 13 heteroatoms. The molecule has 2 unspecified atom stereocenters. The van der Waals surface area contributed by atoms with Crippen molar-refractivity contribution in [1.82, 2.24) is 25.3 Å². The number of carbonyl (C=O) groups is 4. The fraction of sp³-hybridized carbons (Fsp3) is 0.609. The largest absolute Gasteiger partial charge is 0.508 e. The molecule has 1 heterocycles. The van der Waals surface area contributed by atoms with Crippen molar-refractivity contribution in [2.24, 2.45) is 23.7 Å². The third kappa shape index (κ3) is 12.8. The van der Waals surface area contributed by atoms with E-state index in [2.05, 4.69) is 17.2 Å². The van der Waals surface area contributed by atoms with E-state index in [0.717, 1.165) is 12.0 Å². The number of nitrogens with one attached hydrogen (secondary N) is 2. The van der Waals surface area contributed by atoms with Gasteiger partial charge in [0.05, 0.1) is 42.7 Å². The van der Waals surface area contributed by atoms with Gasteiger partial charge < -0.3 is 40.1 Å². The van der Waals surface area contributed by atoms with Gasteiger partial charge in [0.15, 0.2) is 0 Å². The second kappa shape index (κ2) is 22.9. The van der Waals surface area contributed by atoms with Crippen LogP contribution in [0.4, 0.5) is 0 Å². The van der Waals surface area contributed by atoms with Gasteiger partial charge >= 0.3 is 0 Å². The molecule has 2 aromatic carbocycles. The summed E-state index contributed by atoms with van der Waals surface area (Å²) in [6.07, 6.45) is -0.317. The van der Waals surface area contributed by atoms with Gasteiger partial charge in [-0.25, -0.2) is 0 Å². The topological polar surface area (TPSA) is 161 Å². The van der Waals surface area contributed by atoms with E-state index in [4.69, 9.17) is 9.47 Å². The van der Waals surface area contributed by atoms with Crippen LogP contribution < -0.4 is 10.6 Å². The van der Waals surface area contributed by atoms with Crippen LogP contribution in [0.2, 0.25) is 0 Å². The van der Waals surface area contributed by atoms with Gasteiger partial charge in [0.2, 0.25) is 23.6 Å².